The molecule has 8 heteroatoms. The van der Waals surface area contributed by atoms with Crippen LogP contribution >= 0.6 is 0 Å². The highest BCUT2D eigenvalue weighted by Crippen LogP contribution is 2.35. The molecule has 0 fully saturated rings. The number of carbonyl (C=O) groups excluding carboxylic acids is 2. The monoisotopic (exact) mass is 466 g/mol. The lowest BCUT2D eigenvalue weighted by Crippen LogP contribution is -2.34. The van der Waals surface area contributed by atoms with Crippen molar-refractivity contribution in [2.75, 3.05) is 45.4 Å². The summed E-state index contributed by atoms with van der Waals surface area (Å²) in [5, 5.41) is 3.17. The van der Waals surface area contributed by atoms with Gasteiger partial charge in [-0.25, -0.2) is 0 Å². The Kier molecular flexibility index (Phi) is 7.69. The standard InChI is InChI=1S/C26H30N2O6/c1-3-4-13-32-14-5-12-28-25(29)23(18-6-9-20(31-2)10-7-18)24(26(28)30)27-19-8-11-21-22(17-19)34-16-15-33-21/h6-11,17,27H,3-5,12-16H2,1-2H3. The fourth-order valence-corrected chi connectivity index (χ4v) is 3.86. The summed E-state index contributed by atoms with van der Waals surface area (Å²) in [5.41, 5.74) is 1.84. The first-order chi connectivity index (χ1) is 16.6. The second kappa shape index (κ2) is 11.1. The molecule has 180 valence electrons. The van der Waals surface area contributed by atoms with Crippen molar-refractivity contribution in [3.8, 4) is 17.2 Å². The molecule has 0 bridgehead atoms. The normalized spacial score (nSPS) is 15.2. The summed E-state index contributed by atoms with van der Waals surface area (Å²) in [7, 11) is 1.58. The fraction of sp³-hybridized carbons (Fsp3) is 0.385. The molecule has 0 aliphatic carbocycles. The Hall–Kier alpha value is -3.52. The molecule has 0 unspecified atom stereocenters. The van der Waals surface area contributed by atoms with Gasteiger partial charge in [0.25, 0.3) is 11.8 Å². The number of amides is 2. The number of hydrogen-bond donors (Lipinski definition) is 1. The highest BCUT2D eigenvalue weighted by atomic mass is 16.6. The third-order valence-electron chi connectivity index (χ3n) is 5.67. The van der Waals surface area contributed by atoms with Crippen LogP contribution in [0.25, 0.3) is 5.57 Å². The van der Waals surface area contributed by atoms with Crippen LogP contribution in [0.5, 0.6) is 17.2 Å². The molecule has 2 aromatic carbocycles. The number of unbranched alkanes of at least 4 members (excludes halogenated alkanes) is 1. The van der Waals surface area contributed by atoms with E-state index in [9.17, 15) is 9.59 Å². The molecule has 0 saturated heterocycles. The number of rotatable bonds is 11. The largest absolute Gasteiger partial charge is 0.497 e. The van der Waals surface area contributed by atoms with Gasteiger partial charge in [0, 0.05) is 31.5 Å². The number of anilines is 1. The minimum absolute atomic E-state index is 0.235. The van der Waals surface area contributed by atoms with Gasteiger partial charge in [0.15, 0.2) is 11.5 Å². The van der Waals surface area contributed by atoms with Gasteiger partial charge < -0.3 is 24.3 Å². The molecule has 2 aromatic rings. The summed E-state index contributed by atoms with van der Waals surface area (Å²) in [6, 6.07) is 12.5. The van der Waals surface area contributed by atoms with Gasteiger partial charge in [-0.2, -0.15) is 0 Å². The molecule has 2 heterocycles. The van der Waals surface area contributed by atoms with Crippen LogP contribution in [0.3, 0.4) is 0 Å². The molecular formula is C26H30N2O6. The third kappa shape index (κ3) is 5.17. The minimum Gasteiger partial charge on any atom is -0.497 e. The van der Waals surface area contributed by atoms with E-state index < -0.39 is 0 Å². The van der Waals surface area contributed by atoms with Crippen molar-refractivity contribution >= 4 is 23.1 Å². The maximum absolute atomic E-state index is 13.4. The fourth-order valence-electron chi connectivity index (χ4n) is 3.86. The first-order valence-electron chi connectivity index (χ1n) is 11.6. The van der Waals surface area contributed by atoms with E-state index in [1.807, 2.05) is 0 Å². The topological polar surface area (TPSA) is 86.3 Å². The number of methoxy groups -OCH3 is 1. The molecule has 34 heavy (non-hydrogen) atoms. The molecule has 2 aliphatic heterocycles. The van der Waals surface area contributed by atoms with E-state index in [0.29, 0.717) is 66.9 Å². The van der Waals surface area contributed by atoms with Crippen molar-refractivity contribution in [2.24, 2.45) is 0 Å². The van der Waals surface area contributed by atoms with Crippen LogP contribution in [0.2, 0.25) is 0 Å². The second-order valence-corrected chi connectivity index (χ2v) is 8.04. The molecule has 0 aromatic heterocycles. The summed E-state index contributed by atoms with van der Waals surface area (Å²) < 4.78 is 22.1. The lowest BCUT2D eigenvalue weighted by molar-refractivity contribution is -0.137. The molecule has 0 spiro atoms. The molecule has 8 nitrogen and oxygen atoms in total. The van der Waals surface area contributed by atoms with Gasteiger partial charge in [0.1, 0.15) is 24.7 Å². The molecule has 2 amide bonds. The highest BCUT2D eigenvalue weighted by molar-refractivity contribution is 6.36. The Balaban J connectivity index is 1.57. The number of hydrogen-bond acceptors (Lipinski definition) is 7. The van der Waals surface area contributed by atoms with Crippen LogP contribution in [-0.2, 0) is 14.3 Å². The lowest BCUT2D eigenvalue weighted by Gasteiger charge is -2.19. The summed E-state index contributed by atoms with van der Waals surface area (Å²) in [6.45, 7) is 4.53. The first-order valence-corrected chi connectivity index (χ1v) is 11.6. The average molecular weight is 467 g/mol. The molecule has 2 aliphatic rings. The molecular weight excluding hydrogens is 436 g/mol. The van der Waals surface area contributed by atoms with E-state index in [0.717, 1.165) is 12.8 Å². The zero-order valence-electron chi connectivity index (χ0n) is 19.6. The predicted molar refractivity (Wildman–Crippen MR) is 128 cm³/mol. The van der Waals surface area contributed by atoms with Gasteiger partial charge >= 0.3 is 0 Å². The van der Waals surface area contributed by atoms with Gasteiger partial charge in [0.2, 0.25) is 0 Å². The first kappa shape index (κ1) is 23.6. The Morgan fingerprint density at radius 3 is 2.41 bits per heavy atom. The predicted octanol–water partition coefficient (Wildman–Crippen LogP) is 3.87. The van der Waals surface area contributed by atoms with Crippen LogP contribution < -0.4 is 19.5 Å². The Morgan fingerprint density at radius 2 is 1.68 bits per heavy atom. The van der Waals surface area contributed by atoms with Crippen LogP contribution in [0.4, 0.5) is 5.69 Å². The van der Waals surface area contributed by atoms with Crippen LogP contribution in [0, 0.1) is 0 Å². The smallest absolute Gasteiger partial charge is 0.278 e. The van der Waals surface area contributed by atoms with E-state index in [1.54, 1.807) is 49.6 Å². The Morgan fingerprint density at radius 1 is 0.941 bits per heavy atom. The molecule has 0 atom stereocenters. The summed E-state index contributed by atoms with van der Waals surface area (Å²) in [5.74, 6) is 1.23. The summed E-state index contributed by atoms with van der Waals surface area (Å²) in [6.07, 6.45) is 2.63. The number of benzene rings is 2. The Bertz CT molecular complexity index is 1060. The van der Waals surface area contributed by atoms with E-state index in [2.05, 4.69) is 12.2 Å². The van der Waals surface area contributed by atoms with Gasteiger partial charge in [-0.3, -0.25) is 14.5 Å². The maximum Gasteiger partial charge on any atom is 0.278 e. The van der Waals surface area contributed by atoms with Gasteiger partial charge in [0.05, 0.1) is 12.7 Å². The third-order valence-corrected chi connectivity index (χ3v) is 5.67. The van der Waals surface area contributed by atoms with Crippen molar-refractivity contribution in [1.29, 1.82) is 0 Å². The second-order valence-electron chi connectivity index (χ2n) is 8.04. The minimum atomic E-state index is -0.362. The highest BCUT2D eigenvalue weighted by Gasteiger charge is 2.39. The van der Waals surface area contributed by atoms with Gasteiger partial charge in [-0.15, -0.1) is 0 Å². The average Bonchev–Trinajstić information content (AvgIpc) is 3.10. The van der Waals surface area contributed by atoms with E-state index in [1.165, 1.54) is 4.90 Å². The molecule has 1 N–H and O–H groups in total. The van der Waals surface area contributed by atoms with Crippen molar-refractivity contribution in [2.45, 2.75) is 26.2 Å². The number of imide groups is 1. The molecule has 0 radical (unpaired) electrons. The zero-order valence-corrected chi connectivity index (χ0v) is 19.6. The van der Waals surface area contributed by atoms with Gasteiger partial charge in [-0.05, 0) is 42.7 Å². The van der Waals surface area contributed by atoms with E-state index in [4.69, 9.17) is 18.9 Å². The molecule has 4 rings (SSSR count). The lowest BCUT2D eigenvalue weighted by atomic mass is 10.0. The maximum atomic E-state index is 13.4. The van der Waals surface area contributed by atoms with E-state index >= 15 is 0 Å². The number of nitrogens with zero attached hydrogens (tertiary/aromatic N) is 1. The van der Waals surface area contributed by atoms with Crippen molar-refractivity contribution in [3.05, 3.63) is 53.7 Å². The quantitative estimate of drug-likeness (QED) is 0.397. The number of carbonyl (C=O) groups is 2. The SMILES string of the molecule is CCCCOCCCN1C(=O)C(Nc2ccc3c(c2)OCCO3)=C(c2ccc(OC)cc2)C1=O. The van der Waals surface area contributed by atoms with Crippen LogP contribution in [-0.4, -0.2) is 56.8 Å². The Labute approximate surface area is 199 Å². The van der Waals surface area contributed by atoms with Gasteiger partial charge in [-0.1, -0.05) is 25.5 Å². The van der Waals surface area contributed by atoms with E-state index in [-0.39, 0.29) is 24.1 Å². The number of ether oxygens (including phenoxy) is 4. The number of nitrogens with one attached hydrogen (secondary N) is 1. The summed E-state index contributed by atoms with van der Waals surface area (Å²) >= 11 is 0. The van der Waals surface area contributed by atoms with Crippen molar-refractivity contribution < 1.29 is 28.5 Å². The zero-order chi connectivity index (χ0) is 23.9. The van der Waals surface area contributed by atoms with Crippen LogP contribution in [0.1, 0.15) is 31.7 Å². The molecule has 0 saturated carbocycles. The van der Waals surface area contributed by atoms with Crippen molar-refractivity contribution in [3.63, 3.8) is 0 Å². The summed E-state index contributed by atoms with van der Waals surface area (Å²) in [4.78, 5) is 28.0. The van der Waals surface area contributed by atoms with Crippen LogP contribution in [0.15, 0.2) is 48.2 Å². The van der Waals surface area contributed by atoms with Crippen molar-refractivity contribution in [1.82, 2.24) is 4.90 Å². The number of fused-ring (bicyclic) bond motifs is 1.